The lowest BCUT2D eigenvalue weighted by atomic mass is 10.1. The van der Waals surface area contributed by atoms with Crippen LogP contribution in [0.3, 0.4) is 0 Å². The third-order valence-electron chi connectivity index (χ3n) is 3.68. The van der Waals surface area contributed by atoms with Gasteiger partial charge in [0.25, 0.3) is 0 Å². The third kappa shape index (κ3) is 2.64. The molecule has 0 amide bonds. The second kappa shape index (κ2) is 5.41. The molecule has 110 valence electrons. The Bertz CT molecular complexity index is 806. The molecule has 0 heterocycles. The molecule has 2 aromatic rings. The Labute approximate surface area is 140 Å². The first-order chi connectivity index (χ1) is 9.89. The van der Waals surface area contributed by atoms with E-state index in [0.29, 0.717) is 13.8 Å². The Kier molecular flexibility index (Phi) is 3.88. The predicted molar refractivity (Wildman–Crippen MR) is 87.4 cm³/mol. The van der Waals surface area contributed by atoms with Crippen molar-refractivity contribution in [2.75, 3.05) is 0 Å². The maximum Gasteiger partial charge on any atom is 0.206 e. The molecule has 0 aliphatic heterocycles. The molecule has 21 heavy (non-hydrogen) atoms. The second-order valence-electron chi connectivity index (χ2n) is 5.02. The van der Waals surface area contributed by atoms with Crippen molar-refractivity contribution in [3.8, 4) is 5.75 Å². The number of aryl methyl sites for hydroxylation is 2. The van der Waals surface area contributed by atoms with Gasteiger partial charge in [-0.3, -0.25) is 0 Å². The Balaban J connectivity index is 2.13. The smallest absolute Gasteiger partial charge is 0.206 e. The molecule has 1 aliphatic carbocycles. The monoisotopic (exact) mass is 430 g/mol. The summed E-state index contributed by atoms with van der Waals surface area (Å²) in [5, 5.41) is 9.71. The van der Waals surface area contributed by atoms with Crippen molar-refractivity contribution in [1.29, 1.82) is 0 Å². The first kappa shape index (κ1) is 15.1. The summed E-state index contributed by atoms with van der Waals surface area (Å²) in [5.41, 5.74) is 2.36. The zero-order chi connectivity index (χ0) is 15.2. The summed E-state index contributed by atoms with van der Waals surface area (Å²) in [6.07, 6.45) is 3.03. The van der Waals surface area contributed by atoms with Crippen LogP contribution in [0, 0.1) is 0 Å². The fraction of sp³-hybridized carbons (Fsp3) is 0.200. The average molecular weight is 432 g/mol. The van der Waals surface area contributed by atoms with Crippen LogP contribution >= 0.6 is 31.9 Å². The lowest BCUT2D eigenvalue weighted by Crippen LogP contribution is -2.03. The van der Waals surface area contributed by atoms with Gasteiger partial charge in [-0.2, -0.15) is 0 Å². The molecule has 3 nitrogen and oxygen atoms in total. The van der Waals surface area contributed by atoms with Crippen LogP contribution in [0.2, 0.25) is 0 Å². The minimum Gasteiger partial charge on any atom is -0.506 e. The minimum absolute atomic E-state index is 0.0112. The van der Waals surface area contributed by atoms with Crippen LogP contribution in [-0.2, 0) is 22.7 Å². The van der Waals surface area contributed by atoms with Gasteiger partial charge in [-0.15, -0.1) is 0 Å². The van der Waals surface area contributed by atoms with Crippen molar-refractivity contribution >= 4 is 41.7 Å². The van der Waals surface area contributed by atoms with Gasteiger partial charge in [0.15, 0.2) is 0 Å². The third-order valence-corrected chi connectivity index (χ3v) is 6.62. The number of rotatable bonds is 2. The van der Waals surface area contributed by atoms with Crippen molar-refractivity contribution in [3.05, 3.63) is 50.4 Å². The highest BCUT2D eigenvalue weighted by molar-refractivity contribution is 9.11. The van der Waals surface area contributed by atoms with Gasteiger partial charge < -0.3 is 5.11 Å². The van der Waals surface area contributed by atoms with Crippen molar-refractivity contribution in [3.63, 3.8) is 0 Å². The van der Waals surface area contributed by atoms with E-state index in [1.807, 2.05) is 6.07 Å². The maximum absolute atomic E-state index is 12.7. The van der Waals surface area contributed by atoms with Gasteiger partial charge in [-0.05, 0) is 86.5 Å². The normalized spacial score (nSPS) is 14.2. The summed E-state index contributed by atoms with van der Waals surface area (Å²) in [5.74, 6) is -0.0112. The van der Waals surface area contributed by atoms with Gasteiger partial charge >= 0.3 is 0 Å². The fourth-order valence-electron chi connectivity index (χ4n) is 2.55. The molecule has 0 saturated carbocycles. The first-order valence-electron chi connectivity index (χ1n) is 6.44. The molecule has 1 aliphatic rings. The maximum atomic E-state index is 12.7. The number of fused-ring (bicyclic) bond motifs is 1. The summed E-state index contributed by atoms with van der Waals surface area (Å²) in [6.45, 7) is 0. The standard InChI is InChI=1S/C15H12Br2O3S/c16-13-7-12(8-14(17)15(13)18)21(19,20)11-5-4-9-2-1-3-10(9)6-11/h4-8,18H,1-3H2. The molecular weight excluding hydrogens is 420 g/mol. The highest BCUT2D eigenvalue weighted by Crippen LogP contribution is 2.37. The van der Waals surface area contributed by atoms with Crippen LogP contribution in [0.5, 0.6) is 5.75 Å². The van der Waals surface area contributed by atoms with Gasteiger partial charge in [0.1, 0.15) is 5.75 Å². The average Bonchev–Trinajstić information content (AvgIpc) is 2.91. The number of phenolic OH excluding ortho intramolecular Hbond substituents is 1. The molecule has 0 unspecified atom stereocenters. The van der Waals surface area contributed by atoms with Crippen LogP contribution in [0.1, 0.15) is 17.5 Å². The zero-order valence-electron chi connectivity index (χ0n) is 10.9. The largest absolute Gasteiger partial charge is 0.506 e. The Morgan fingerprint density at radius 2 is 1.52 bits per heavy atom. The van der Waals surface area contributed by atoms with Gasteiger partial charge in [0, 0.05) is 0 Å². The van der Waals surface area contributed by atoms with Crippen LogP contribution in [0.25, 0.3) is 0 Å². The van der Waals surface area contributed by atoms with Gasteiger partial charge in [0.2, 0.25) is 9.84 Å². The molecule has 0 aromatic heterocycles. The molecule has 0 bridgehead atoms. The predicted octanol–water partition coefficient (Wildman–Crippen LogP) is 4.24. The van der Waals surface area contributed by atoms with Gasteiger partial charge in [-0.1, -0.05) is 6.07 Å². The number of hydrogen-bond donors (Lipinski definition) is 1. The van der Waals surface area contributed by atoms with Crippen molar-refractivity contribution in [2.45, 2.75) is 29.1 Å². The SMILES string of the molecule is O=S(=O)(c1cc(Br)c(O)c(Br)c1)c1ccc2c(c1)CCC2. The molecule has 3 rings (SSSR count). The van der Waals surface area contributed by atoms with E-state index in [9.17, 15) is 13.5 Å². The topological polar surface area (TPSA) is 54.4 Å². The number of sulfone groups is 1. The lowest BCUT2D eigenvalue weighted by molar-refractivity contribution is 0.467. The summed E-state index contributed by atoms with van der Waals surface area (Å²) >= 11 is 6.33. The van der Waals surface area contributed by atoms with E-state index in [1.165, 1.54) is 17.7 Å². The molecule has 1 N–H and O–H groups in total. The van der Waals surface area contributed by atoms with Crippen LogP contribution in [0.4, 0.5) is 0 Å². The Hall–Kier alpha value is -0.850. The number of aromatic hydroxyl groups is 1. The molecular formula is C15H12Br2O3S. The van der Waals surface area contributed by atoms with Crippen molar-refractivity contribution in [2.24, 2.45) is 0 Å². The van der Waals surface area contributed by atoms with E-state index in [0.717, 1.165) is 24.8 Å². The molecule has 0 radical (unpaired) electrons. The summed E-state index contributed by atoms with van der Waals surface area (Å²) < 4.78 is 26.1. The quantitative estimate of drug-likeness (QED) is 0.773. The zero-order valence-corrected chi connectivity index (χ0v) is 14.9. The fourth-order valence-corrected chi connectivity index (χ4v) is 5.40. The van der Waals surface area contributed by atoms with Crippen molar-refractivity contribution in [1.82, 2.24) is 0 Å². The molecule has 0 saturated heterocycles. The Morgan fingerprint density at radius 3 is 2.19 bits per heavy atom. The highest BCUT2D eigenvalue weighted by atomic mass is 79.9. The van der Waals surface area contributed by atoms with Crippen molar-refractivity contribution < 1.29 is 13.5 Å². The summed E-state index contributed by atoms with van der Waals surface area (Å²) in [4.78, 5) is 0.449. The van der Waals surface area contributed by atoms with E-state index >= 15 is 0 Å². The van der Waals surface area contributed by atoms with E-state index in [1.54, 1.807) is 12.1 Å². The highest BCUT2D eigenvalue weighted by Gasteiger charge is 2.22. The molecule has 2 aromatic carbocycles. The minimum atomic E-state index is -3.59. The first-order valence-corrected chi connectivity index (χ1v) is 9.51. The van der Waals surface area contributed by atoms with Crippen LogP contribution in [-0.4, -0.2) is 13.5 Å². The van der Waals surface area contributed by atoms with Crippen LogP contribution < -0.4 is 0 Å². The number of hydrogen-bond acceptors (Lipinski definition) is 3. The summed E-state index contributed by atoms with van der Waals surface area (Å²) in [7, 11) is -3.59. The molecule has 6 heteroatoms. The van der Waals surface area contributed by atoms with E-state index in [2.05, 4.69) is 31.9 Å². The molecule has 0 atom stereocenters. The Morgan fingerprint density at radius 1 is 0.905 bits per heavy atom. The molecule has 0 spiro atoms. The van der Waals surface area contributed by atoms with Gasteiger partial charge in [-0.25, -0.2) is 8.42 Å². The van der Waals surface area contributed by atoms with Crippen LogP contribution in [0.15, 0.2) is 49.1 Å². The van der Waals surface area contributed by atoms with Gasteiger partial charge in [0.05, 0.1) is 18.7 Å². The number of halogens is 2. The number of benzene rings is 2. The van der Waals surface area contributed by atoms with E-state index in [-0.39, 0.29) is 10.6 Å². The van der Waals surface area contributed by atoms with E-state index < -0.39 is 9.84 Å². The number of phenols is 1. The molecule has 0 fully saturated rings. The summed E-state index contributed by atoms with van der Waals surface area (Å²) in [6, 6.07) is 8.17. The lowest BCUT2D eigenvalue weighted by Gasteiger charge is -2.09. The van der Waals surface area contributed by atoms with E-state index in [4.69, 9.17) is 0 Å². The second-order valence-corrected chi connectivity index (χ2v) is 8.68.